The van der Waals surface area contributed by atoms with Gasteiger partial charge in [0.05, 0.1) is 17.0 Å². The summed E-state index contributed by atoms with van der Waals surface area (Å²) >= 11 is 4.70. The third kappa shape index (κ3) is 4.99. The summed E-state index contributed by atoms with van der Waals surface area (Å²) in [6, 6.07) is 13.9. The number of anilines is 1. The third-order valence-electron chi connectivity index (χ3n) is 3.86. The zero-order valence-electron chi connectivity index (χ0n) is 15.5. The minimum atomic E-state index is -0.344. The number of nitrogens with one attached hydrogen (secondary N) is 1. The van der Waals surface area contributed by atoms with Crippen molar-refractivity contribution >= 4 is 39.3 Å². The van der Waals surface area contributed by atoms with E-state index in [9.17, 15) is 9.18 Å². The van der Waals surface area contributed by atoms with Crippen LogP contribution in [0.5, 0.6) is 0 Å². The summed E-state index contributed by atoms with van der Waals surface area (Å²) in [6.07, 6.45) is 0. The van der Waals surface area contributed by atoms with Crippen LogP contribution in [-0.2, 0) is 11.3 Å². The summed E-state index contributed by atoms with van der Waals surface area (Å²) in [5, 5.41) is 11.8. The molecular formula is C20H20BrFN4OS. The Labute approximate surface area is 175 Å². The Balaban J connectivity index is 1.77. The molecule has 0 aliphatic heterocycles. The van der Waals surface area contributed by atoms with E-state index < -0.39 is 0 Å². The highest BCUT2D eigenvalue weighted by atomic mass is 79.9. The Bertz CT molecular complexity index is 976. The van der Waals surface area contributed by atoms with Crippen molar-refractivity contribution in [1.29, 1.82) is 0 Å². The Morgan fingerprint density at radius 3 is 2.61 bits per heavy atom. The number of carbonyl (C=O) groups is 1. The normalized spacial score (nSPS) is 11.0. The molecule has 0 radical (unpaired) electrons. The molecule has 0 aliphatic rings. The largest absolute Gasteiger partial charge is 0.324 e. The molecule has 1 N–H and O–H groups in total. The number of amides is 1. The van der Waals surface area contributed by atoms with E-state index in [1.165, 1.54) is 17.8 Å². The van der Waals surface area contributed by atoms with Gasteiger partial charge in [0.2, 0.25) is 5.91 Å². The molecule has 0 spiro atoms. The minimum Gasteiger partial charge on any atom is -0.324 e. The van der Waals surface area contributed by atoms with Crippen LogP contribution in [0.3, 0.4) is 0 Å². The fraction of sp³-hybridized carbons (Fsp3) is 0.250. The molecule has 3 aromatic rings. The average molecular weight is 463 g/mol. The van der Waals surface area contributed by atoms with Gasteiger partial charge in [0.15, 0.2) is 11.0 Å². The lowest BCUT2D eigenvalue weighted by molar-refractivity contribution is -0.113. The molecule has 8 heteroatoms. The van der Waals surface area contributed by atoms with Crippen LogP contribution < -0.4 is 5.32 Å². The van der Waals surface area contributed by atoms with E-state index in [1.54, 1.807) is 18.2 Å². The van der Waals surface area contributed by atoms with E-state index in [1.807, 2.05) is 28.8 Å². The quantitative estimate of drug-likeness (QED) is 0.488. The minimum absolute atomic E-state index is 0.150. The standard InChI is InChI=1S/C20H20BrFN4OS/c1-13(2)11-26-19(14-7-3-5-9-16(14)22)24-25-20(26)28-12-18(27)23-17-10-6-4-8-15(17)21/h3-10,13H,11-12H2,1-2H3,(H,23,27). The number of carbonyl (C=O) groups excluding carboxylic acids is 1. The highest BCUT2D eigenvalue weighted by Crippen LogP contribution is 2.27. The van der Waals surface area contributed by atoms with Crippen molar-refractivity contribution in [2.24, 2.45) is 5.92 Å². The van der Waals surface area contributed by atoms with Crippen molar-refractivity contribution in [2.45, 2.75) is 25.5 Å². The first-order valence-electron chi connectivity index (χ1n) is 8.81. The summed E-state index contributed by atoms with van der Waals surface area (Å²) < 4.78 is 16.9. The molecule has 146 valence electrons. The van der Waals surface area contributed by atoms with Gasteiger partial charge < -0.3 is 9.88 Å². The molecule has 0 bridgehead atoms. The number of halogens is 2. The summed E-state index contributed by atoms with van der Waals surface area (Å²) in [6.45, 7) is 4.77. The topological polar surface area (TPSA) is 59.8 Å². The fourth-order valence-corrected chi connectivity index (χ4v) is 3.78. The first kappa shape index (κ1) is 20.5. The lowest BCUT2D eigenvalue weighted by Crippen LogP contribution is -2.15. The predicted molar refractivity (Wildman–Crippen MR) is 114 cm³/mol. The Hall–Kier alpha value is -2.19. The van der Waals surface area contributed by atoms with Crippen LogP contribution in [0.15, 0.2) is 58.2 Å². The van der Waals surface area contributed by atoms with Crippen LogP contribution in [0, 0.1) is 11.7 Å². The van der Waals surface area contributed by atoms with Crippen molar-refractivity contribution in [1.82, 2.24) is 14.8 Å². The molecule has 5 nitrogen and oxygen atoms in total. The second-order valence-electron chi connectivity index (χ2n) is 6.61. The molecule has 0 atom stereocenters. The highest BCUT2D eigenvalue weighted by molar-refractivity contribution is 9.10. The molecule has 3 rings (SSSR count). The van der Waals surface area contributed by atoms with Crippen LogP contribution in [0.25, 0.3) is 11.4 Å². The van der Waals surface area contributed by atoms with Gasteiger partial charge >= 0.3 is 0 Å². The van der Waals surface area contributed by atoms with Crippen LogP contribution >= 0.6 is 27.7 Å². The molecule has 0 fully saturated rings. The Kier molecular flexibility index (Phi) is 6.85. The fourth-order valence-electron chi connectivity index (χ4n) is 2.65. The summed E-state index contributed by atoms with van der Waals surface area (Å²) in [5.74, 6) is 0.469. The lowest BCUT2D eigenvalue weighted by Gasteiger charge is -2.13. The Morgan fingerprint density at radius 1 is 1.18 bits per heavy atom. The monoisotopic (exact) mass is 462 g/mol. The molecule has 1 amide bonds. The molecule has 0 unspecified atom stereocenters. The number of nitrogens with zero attached hydrogens (tertiary/aromatic N) is 3. The maximum atomic E-state index is 14.2. The summed E-state index contributed by atoms with van der Waals surface area (Å²) in [4.78, 5) is 12.3. The second kappa shape index (κ2) is 9.34. The number of hydrogen-bond donors (Lipinski definition) is 1. The number of aromatic nitrogens is 3. The van der Waals surface area contributed by atoms with Crippen molar-refractivity contribution in [2.75, 3.05) is 11.1 Å². The SMILES string of the molecule is CC(C)Cn1c(SCC(=O)Nc2ccccc2Br)nnc1-c1ccccc1F. The molecular weight excluding hydrogens is 443 g/mol. The van der Waals surface area contributed by atoms with Crippen molar-refractivity contribution in [3.8, 4) is 11.4 Å². The van der Waals surface area contributed by atoms with Crippen LogP contribution in [-0.4, -0.2) is 26.4 Å². The van der Waals surface area contributed by atoms with Crippen molar-refractivity contribution in [3.05, 3.63) is 58.8 Å². The smallest absolute Gasteiger partial charge is 0.234 e. The van der Waals surface area contributed by atoms with E-state index in [4.69, 9.17) is 0 Å². The third-order valence-corrected chi connectivity index (χ3v) is 5.52. The number of thioether (sulfide) groups is 1. The van der Waals surface area contributed by atoms with Crippen LogP contribution in [0.4, 0.5) is 10.1 Å². The van der Waals surface area contributed by atoms with Gasteiger partial charge in [0.25, 0.3) is 0 Å². The highest BCUT2D eigenvalue weighted by Gasteiger charge is 2.19. The Morgan fingerprint density at radius 2 is 1.89 bits per heavy atom. The van der Waals surface area contributed by atoms with Gasteiger partial charge in [0.1, 0.15) is 5.82 Å². The van der Waals surface area contributed by atoms with Crippen molar-refractivity contribution in [3.63, 3.8) is 0 Å². The summed E-state index contributed by atoms with van der Waals surface area (Å²) in [7, 11) is 0. The maximum Gasteiger partial charge on any atom is 0.234 e. The second-order valence-corrected chi connectivity index (χ2v) is 8.40. The molecule has 1 aromatic heterocycles. The molecule has 0 saturated carbocycles. The zero-order valence-corrected chi connectivity index (χ0v) is 17.9. The lowest BCUT2D eigenvalue weighted by atomic mass is 10.2. The van der Waals surface area contributed by atoms with E-state index in [0.29, 0.717) is 34.7 Å². The zero-order chi connectivity index (χ0) is 20.1. The van der Waals surface area contributed by atoms with Gasteiger partial charge in [-0.25, -0.2) is 4.39 Å². The van der Waals surface area contributed by atoms with Crippen molar-refractivity contribution < 1.29 is 9.18 Å². The van der Waals surface area contributed by atoms with Crippen LogP contribution in [0.1, 0.15) is 13.8 Å². The molecule has 28 heavy (non-hydrogen) atoms. The molecule has 2 aromatic carbocycles. The number of rotatable bonds is 7. The number of hydrogen-bond acceptors (Lipinski definition) is 4. The van der Waals surface area contributed by atoms with E-state index in [0.717, 1.165) is 4.47 Å². The molecule has 0 saturated heterocycles. The number of benzene rings is 2. The van der Waals surface area contributed by atoms with E-state index in [-0.39, 0.29) is 17.5 Å². The first-order valence-corrected chi connectivity index (χ1v) is 10.6. The van der Waals surface area contributed by atoms with E-state index >= 15 is 0 Å². The van der Waals surface area contributed by atoms with Gasteiger partial charge in [-0.3, -0.25) is 4.79 Å². The van der Waals surface area contributed by atoms with Gasteiger partial charge in [-0.1, -0.05) is 49.9 Å². The van der Waals surface area contributed by atoms with Gasteiger partial charge in [0, 0.05) is 11.0 Å². The first-order chi connectivity index (χ1) is 13.5. The van der Waals surface area contributed by atoms with Gasteiger partial charge in [-0.2, -0.15) is 0 Å². The van der Waals surface area contributed by atoms with E-state index in [2.05, 4.69) is 45.3 Å². The average Bonchev–Trinajstić information content (AvgIpc) is 3.04. The molecule has 0 aliphatic carbocycles. The predicted octanol–water partition coefficient (Wildman–Crippen LogP) is 5.23. The van der Waals surface area contributed by atoms with Gasteiger partial charge in [-0.05, 0) is 46.1 Å². The number of para-hydroxylation sites is 1. The molecule has 1 heterocycles. The summed E-state index contributed by atoms with van der Waals surface area (Å²) in [5.41, 5.74) is 1.11. The maximum absolute atomic E-state index is 14.2. The van der Waals surface area contributed by atoms with Gasteiger partial charge in [-0.15, -0.1) is 10.2 Å². The van der Waals surface area contributed by atoms with Crippen LogP contribution in [0.2, 0.25) is 0 Å².